The molecule has 0 radical (unpaired) electrons. The summed E-state index contributed by atoms with van der Waals surface area (Å²) in [7, 11) is 1.72. The van der Waals surface area contributed by atoms with Crippen molar-refractivity contribution in [1.29, 1.82) is 0 Å². The highest BCUT2D eigenvalue weighted by molar-refractivity contribution is 5.76. The van der Waals surface area contributed by atoms with Gasteiger partial charge in [-0.25, -0.2) is 9.37 Å². The molecule has 3 aliphatic rings. The number of fused-ring (bicyclic) bond motifs is 1. The van der Waals surface area contributed by atoms with E-state index in [4.69, 9.17) is 19.2 Å². The third kappa shape index (κ3) is 6.75. The first-order valence-corrected chi connectivity index (χ1v) is 14.8. The van der Waals surface area contributed by atoms with Gasteiger partial charge in [0, 0.05) is 49.7 Å². The van der Waals surface area contributed by atoms with Gasteiger partial charge in [0.25, 0.3) is 0 Å². The van der Waals surface area contributed by atoms with Gasteiger partial charge in [0.1, 0.15) is 23.4 Å². The van der Waals surface area contributed by atoms with Crippen LogP contribution in [0, 0.1) is 5.82 Å². The van der Waals surface area contributed by atoms with Crippen LogP contribution in [0.5, 0.6) is 5.75 Å². The molecule has 3 atom stereocenters. The molecule has 0 bridgehead atoms. The minimum atomic E-state index is -0.974. The van der Waals surface area contributed by atoms with Gasteiger partial charge in [0.05, 0.1) is 19.3 Å². The highest BCUT2D eigenvalue weighted by Gasteiger charge is 2.39. The number of methoxy groups -OCH3 is 1. The van der Waals surface area contributed by atoms with Gasteiger partial charge in [-0.1, -0.05) is 12.5 Å². The molecule has 5 rings (SSSR count). The number of nitrogens with zero attached hydrogens (tertiary/aromatic N) is 2. The molecule has 1 aromatic carbocycles. The third-order valence-electron chi connectivity index (χ3n) is 8.34. The summed E-state index contributed by atoms with van der Waals surface area (Å²) in [6, 6.07) is 6.04. The van der Waals surface area contributed by atoms with Crippen molar-refractivity contribution >= 4 is 11.8 Å². The van der Waals surface area contributed by atoms with Crippen molar-refractivity contribution in [3.63, 3.8) is 0 Å². The van der Waals surface area contributed by atoms with Crippen LogP contribution in [0.15, 0.2) is 24.3 Å². The Morgan fingerprint density at radius 1 is 1.23 bits per heavy atom. The summed E-state index contributed by atoms with van der Waals surface area (Å²) >= 11 is 0. The number of halogens is 1. The largest absolute Gasteiger partial charge is 0.496 e. The van der Waals surface area contributed by atoms with Crippen LogP contribution in [0.25, 0.3) is 0 Å². The Bertz CT molecular complexity index is 1170. The lowest BCUT2D eigenvalue weighted by molar-refractivity contribution is -0.151. The second-order valence-corrected chi connectivity index (χ2v) is 11.4. The standard InChI is InChI=1S/C31H42FN3O5/c1-20-10-12-25-28(38-2)17-22(34-30(25)33-20)8-4-3-6-14-39-23-18-35(19-23)29(31(36)37)26-16-21(32)11-13-24(26)27-9-5-7-15-40-27/h11,13,16-17,20,23,27,29H,3-10,12,14-15,18-19H2,1-2H3,(H,33,34)(H,36,37)/t20?,27-,29?/m0/s1. The van der Waals surface area contributed by atoms with E-state index in [2.05, 4.69) is 18.3 Å². The van der Waals surface area contributed by atoms with Crippen molar-refractivity contribution in [2.75, 3.05) is 38.7 Å². The fourth-order valence-corrected chi connectivity index (χ4v) is 6.10. The van der Waals surface area contributed by atoms with Crippen molar-refractivity contribution in [1.82, 2.24) is 9.88 Å². The van der Waals surface area contributed by atoms with E-state index < -0.39 is 17.8 Å². The predicted octanol–water partition coefficient (Wildman–Crippen LogP) is 5.46. The number of carboxylic acids is 1. The molecule has 1 aromatic heterocycles. The van der Waals surface area contributed by atoms with Crippen molar-refractivity contribution < 1.29 is 28.5 Å². The number of pyridine rings is 1. The number of aromatic nitrogens is 1. The van der Waals surface area contributed by atoms with Gasteiger partial charge in [0.15, 0.2) is 0 Å². The van der Waals surface area contributed by atoms with E-state index in [1.165, 1.54) is 17.7 Å². The number of aliphatic carboxylic acids is 1. The zero-order valence-electron chi connectivity index (χ0n) is 23.7. The first kappa shape index (κ1) is 28.8. The molecule has 3 aliphatic heterocycles. The number of ether oxygens (including phenoxy) is 3. The predicted molar refractivity (Wildman–Crippen MR) is 150 cm³/mol. The third-order valence-corrected chi connectivity index (χ3v) is 8.34. The molecule has 0 aliphatic carbocycles. The Morgan fingerprint density at radius 2 is 2.08 bits per heavy atom. The average Bonchev–Trinajstić information content (AvgIpc) is 2.92. The summed E-state index contributed by atoms with van der Waals surface area (Å²) in [4.78, 5) is 19.0. The number of likely N-dealkylation sites (tertiary alicyclic amines) is 1. The number of carboxylic acid groups (broad SMARTS) is 1. The fraction of sp³-hybridized carbons (Fsp3) is 0.613. The van der Waals surface area contributed by atoms with Gasteiger partial charge in [-0.3, -0.25) is 9.69 Å². The number of aryl methyl sites for hydroxylation is 1. The minimum Gasteiger partial charge on any atom is -0.496 e. The van der Waals surface area contributed by atoms with E-state index in [0.29, 0.717) is 37.9 Å². The summed E-state index contributed by atoms with van der Waals surface area (Å²) in [5.41, 5.74) is 3.50. The molecule has 2 aromatic rings. The van der Waals surface area contributed by atoms with Crippen molar-refractivity contribution in [2.24, 2.45) is 0 Å². The van der Waals surface area contributed by atoms with Crippen molar-refractivity contribution in [2.45, 2.75) is 89.0 Å². The molecule has 2 fully saturated rings. The monoisotopic (exact) mass is 555 g/mol. The molecular formula is C31H42FN3O5. The van der Waals surface area contributed by atoms with Crippen LogP contribution < -0.4 is 10.1 Å². The number of hydrogen-bond donors (Lipinski definition) is 2. The van der Waals surface area contributed by atoms with Gasteiger partial charge in [0.2, 0.25) is 0 Å². The van der Waals surface area contributed by atoms with Crippen LogP contribution in [0.1, 0.15) is 86.4 Å². The Kier molecular flexibility index (Phi) is 9.55. The first-order valence-electron chi connectivity index (χ1n) is 14.8. The Labute approximate surface area is 236 Å². The van der Waals surface area contributed by atoms with Crippen molar-refractivity contribution in [3.8, 4) is 5.75 Å². The lowest BCUT2D eigenvalue weighted by Crippen LogP contribution is -2.55. The number of rotatable bonds is 12. The van der Waals surface area contributed by atoms with Gasteiger partial charge in [-0.05, 0) is 81.5 Å². The van der Waals surface area contributed by atoms with E-state index in [1.54, 1.807) is 13.2 Å². The maximum atomic E-state index is 14.2. The van der Waals surface area contributed by atoms with Crippen LogP contribution in [0.2, 0.25) is 0 Å². The van der Waals surface area contributed by atoms with Crippen molar-refractivity contribution in [3.05, 3.63) is 52.5 Å². The molecule has 218 valence electrons. The number of hydrogen-bond acceptors (Lipinski definition) is 7. The van der Waals surface area contributed by atoms with Gasteiger partial charge in [-0.15, -0.1) is 0 Å². The zero-order valence-corrected chi connectivity index (χ0v) is 23.7. The topological polar surface area (TPSA) is 93.2 Å². The molecular weight excluding hydrogens is 513 g/mol. The fourth-order valence-electron chi connectivity index (χ4n) is 6.10. The van der Waals surface area contributed by atoms with Crippen LogP contribution in [-0.2, 0) is 27.1 Å². The Balaban J connectivity index is 1.07. The second-order valence-electron chi connectivity index (χ2n) is 11.4. The molecule has 0 amide bonds. The molecule has 2 N–H and O–H groups in total. The van der Waals surface area contributed by atoms with Crippen LogP contribution >= 0.6 is 0 Å². The van der Waals surface area contributed by atoms with Gasteiger partial charge < -0.3 is 24.6 Å². The molecule has 4 heterocycles. The smallest absolute Gasteiger partial charge is 0.325 e. The quantitative estimate of drug-likeness (QED) is 0.334. The molecule has 40 heavy (non-hydrogen) atoms. The summed E-state index contributed by atoms with van der Waals surface area (Å²) in [5, 5.41) is 13.6. The van der Waals surface area contributed by atoms with E-state index in [1.807, 2.05) is 4.90 Å². The maximum absolute atomic E-state index is 14.2. The second kappa shape index (κ2) is 13.3. The van der Waals surface area contributed by atoms with E-state index in [0.717, 1.165) is 80.6 Å². The lowest BCUT2D eigenvalue weighted by Gasteiger charge is -2.43. The van der Waals surface area contributed by atoms with E-state index in [-0.39, 0.29) is 12.2 Å². The average molecular weight is 556 g/mol. The maximum Gasteiger partial charge on any atom is 0.325 e. The summed E-state index contributed by atoms with van der Waals surface area (Å²) in [6.07, 6.45) is 8.57. The first-order chi connectivity index (χ1) is 19.4. The lowest BCUT2D eigenvalue weighted by atomic mass is 9.90. The summed E-state index contributed by atoms with van der Waals surface area (Å²) in [6.45, 7) is 4.49. The molecule has 0 spiro atoms. The number of anilines is 1. The Morgan fingerprint density at radius 3 is 2.83 bits per heavy atom. The normalized spacial score (nSPS) is 22.2. The van der Waals surface area contributed by atoms with Gasteiger partial charge >= 0.3 is 5.97 Å². The molecule has 0 saturated carbocycles. The SMILES string of the molecule is COc1cc(CCCCCOC2CN(C(C(=O)O)c3cc(F)ccc3[C@@H]3CCCCO3)C2)nc2c1CCC(C)N2. The molecule has 2 saturated heterocycles. The van der Waals surface area contributed by atoms with Crippen LogP contribution in [0.4, 0.5) is 10.2 Å². The number of unbranched alkanes of at least 4 members (excludes halogenated alkanes) is 2. The minimum absolute atomic E-state index is 0.00979. The molecule has 2 unspecified atom stereocenters. The summed E-state index contributed by atoms with van der Waals surface area (Å²) in [5.74, 6) is 0.484. The highest BCUT2D eigenvalue weighted by Crippen LogP contribution is 2.37. The number of nitrogens with one attached hydrogen (secondary N) is 1. The Hall–Kier alpha value is -2.75. The highest BCUT2D eigenvalue weighted by atomic mass is 19.1. The molecule has 9 heteroatoms. The number of carbonyl (C=O) groups is 1. The number of benzene rings is 1. The van der Waals surface area contributed by atoms with E-state index >= 15 is 0 Å². The van der Waals surface area contributed by atoms with Crippen LogP contribution in [-0.4, -0.2) is 66.5 Å². The van der Waals surface area contributed by atoms with Gasteiger partial charge in [-0.2, -0.15) is 0 Å². The summed E-state index contributed by atoms with van der Waals surface area (Å²) < 4.78 is 31.8. The zero-order chi connectivity index (χ0) is 28.1. The van der Waals surface area contributed by atoms with E-state index in [9.17, 15) is 14.3 Å². The molecule has 8 nitrogen and oxygen atoms in total. The van der Waals surface area contributed by atoms with Crippen LogP contribution in [0.3, 0.4) is 0 Å².